The molecule has 2 aromatic heterocycles. The molecule has 2 heterocycles. The number of carbonyl (C=O) groups is 1. The molecule has 0 aliphatic carbocycles. The average molecular weight is 253 g/mol. The molecule has 0 fully saturated rings. The molecule has 0 spiro atoms. The van der Waals surface area contributed by atoms with Crippen molar-refractivity contribution >= 4 is 23.1 Å². The van der Waals surface area contributed by atoms with Crippen LogP contribution in [0.4, 0.5) is 5.69 Å². The number of rotatable bonds is 5. The first-order valence-corrected chi connectivity index (χ1v) is 5.73. The summed E-state index contributed by atoms with van der Waals surface area (Å²) in [5.74, 6) is -0.287. The Morgan fingerprint density at radius 2 is 2.53 bits per heavy atom. The fourth-order valence-corrected chi connectivity index (χ4v) is 1.63. The number of aromatic nitrogens is 4. The summed E-state index contributed by atoms with van der Waals surface area (Å²) >= 11 is 1.14. The lowest BCUT2D eigenvalue weighted by atomic mass is 10.4. The molecule has 17 heavy (non-hydrogen) atoms. The second kappa shape index (κ2) is 5.51. The second-order valence-corrected chi connectivity index (χ2v) is 3.84. The van der Waals surface area contributed by atoms with Gasteiger partial charge in [0.1, 0.15) is 0 Å². The summed E-state index contributed by atoms with van der Waals surface area (Å²) in [5, 5.41) is 12.0. The number of hydrogen-bond donors (Lipinski definition) is 1. The lowest BCUT2D eigenvalue weighted by molar-refractivity contribution is 0.102. The fourth-order valence-electron chi connectivity index (χ4n) is 1.19. The number of methoxy groups -OCH3 is 1. The van der Waals surface area contributed by atoms with Crippen molar-refractivity contribution < 1.29 is 9.53 Å². The number of hydrogen-bond acceptors (Lipinski definition) is 6. The first-order chi connectivity index (χ1) is 8.29. The Morgan fingerprint density at radius 3 is 3.24 bits per heavy atom. The molecule has 0 atom stereocenters. The van der Waals surface area contributed by atoms with Gasteiger partial charge >= 0.3 is 0 Å². The molecule has 0 aliphatic rings. The summed E-state index contributed by atoms with van der Waals surface area (Å²) in [6, 6.07) is 0. The summed E-state index contributed by atoms with van der Waals surface area (Å²) in [5.41, 5.74) is 0.929. The minimum Gasteiger partial charge on any atom is -0.383 e. The number of amides is 1. The van der Waals surface area contributed by atoms with Crippen molar-refractivity contribution in [3.63, 3.8) is 0 Å². The van der Waals surface area contributed by atoms with Crippen LogP contribution in [0, 0.1) is 0 Å². The quantitative estimate of drug-likeness (QED) is 0.845. The van der Waals surface area contributed by atoms with Crippen molar-refractivity contribution in [1.29, 1.82) is 0 Å². The molecule has 0 saturated heterocycles. The van der Waals surface area contributed by atoms with Gasteiger partial charge in [0.15, 0.2) is 5.69 Å². The van der Waals surface area contributed by atoms with Crippen molar-refractivity contribution in [3.05, 3.63) is 23.5 Å². The van der Waals surface area contributed by atoms with Crippen LogP contribution in [-0.2, 0) is 11.3 Å². The third-order valence-electron chi connectivity index (χ3n) is 2.01. The first-order valence-electron chi connectivity index (χ1n) is 4.89. The van der Waals surface area contributed by atoms with Crippen LogP contribution < -0.4 is 5.32 Å². The van der Waals surface area contributed by atoms with E-state index in [0.717, 1.165) is 11.5 Å². The number of nitrogens with one attached hydrogen (secondary N) is 1. The summed E-state index contributed by atoms with van der Waals surface area (Å²) in [7, 11) is 1.63. The van der Waals surface area contributed by atoms with Gasteiger partial charge in [0.2, 0.25) is 0 Å². The van der Waals surface area contributed by atoms with E-state index in [0.29, 0.717) is 24.5 Å². The molecule has 0 bridgehead atoms. The minimum atomic E-state index is -0.287. The van der Waals surface area contributed by atoms with E-state index >= 15 is 0 Å². The molecule has 90 valence electrons. The highest BCUT2D eigenvalue weighted by Gasteiger charge is 2.09. The maximum atomic E-state index is 11.6. The molecule has 1 N–H and O–H groups in total. The number of carbonyl (C=O) groups excluding carboxylic acids is 1. The highest BCUT2D eigenvalue weighted by atomic mass is 32.1. The molecule has 0 radical (unpaired) electrons. The highest BCUT2D eigenvalue weighted by Crippen LogP contribution is 2.07. The lowest BCUT2D eigenvalue weighted by Gasteiger charge is -1.99. The molecule has 0 aromatic carbocycles. The van der Waals surface area contributed by atoms with Crippen molar-refractivity contribution in [2.75, 3.05) is 19.0 Å². The van der Waals surface area contributed by atoms with Gasteiger partial charge in [-0.25, -0.2) is 0 Å². The van der Waals surface area contributed by atoms with Crippen LogP contribution in [0.25, 0.3) is 0 Å². The summed E-state index contributed by atoms with van der Waals surface area (Å²) in [6.07, 6.45) is 3.31. The Kier molecular flexibility index (Phi) is 3.78. The van der Waals surface area contributed by atoms with Gasteiger partial charge in [0, 0.05) is 18.7 Å². The van der Waals surface area contributed by atoms with Gasteiger partial charge in [-0.05, 0) is 11.5 Å². The van der Waals surface area contributed by atoms with E-state index < -0.39 is 0 Å². The minimum absolute atomic E-state index is 0.287. The number of ether oxygens (including phenoxy) is 1. The maximum Gasteiger partial charge on any atom is 0.277 e. The van der Waals surface area contributed by atoms with Crippen LogP contribution in [0.5, 0.6) is 0 Å². The van der Waals surface area contributed by atoms with Gasteiger partial charge in [-0.15, -0.1) is 5.10 Å². The van der Waals surface area contributed by atoms with Gasteiger partial charge in [-0.2, -0.15) is 5.10 Å². The highest BCUT2D eigenvalue weighted by molar-refractivity contribution is 7.03. The Bertz CT molecular complexity index is 481. The summed E-state index contributed by atoms with van der Waals surface area (Å²) < 4.78 is 10.2. The van der Waals surface area contributed by atoms with Crippen LogP contribution in [-0.4, -0.2) is 39.0 Å². The normalized spacial score (nSPS) is 10.4. The topological polar surface area (TPSA) is 81.9 Å². The molecule has 0 saturated carbocycles. The van der Waals surface area contributed by atoms with E-state index in [9.17, 15) is 4.79 Å². The molecule has 0 unspecified atom stereocenters. The fraction of sp³-hybridized carbons (Fsp3) is 0.333. The zero-order valence-corrected chi connectivity index (χ0v) is 9.98. The van der Waals surface area contributed by atoms with E-state index in [-0.39, 0.29) is 5.91 Å². The van der Waals surface area contributed by atoms with E-state index in [1.807, 2.05) is 0 Å². The smallest absolute Gasteiger partial charge is 0.277 e. The number of anilines is 1. The van der Waals surface area contributed by atoms with Crippen LogP contribution in [0.2, 0.25) is 0 Å². The molecular formula is C9H11N5O2S. The SMILES string of the molecule is COCCn1cc(NC(=O)c2csnn2)cn1. The molecule has 8 heteroatoms. The van der Waals surface area contributed by atoms with Gasteiger partial charge in [-0.1, -0.05) is 4.49 Å². The predicted molar refractivity (Wildman–Crippen MR) is 62.0 cm³/mol. The third kappa shape index (κ3) is 3.08. The monoisotopic (exact) mass is 253 g/mol. The largest absolute Gasteiger partial charge is 0.383 e. The van der Waals surface area contributed by atoms with Gasteiger partial charge in [-0.3, -0.25) is 9.48 Å². The van der Waals surface area contributed by atoms with Crippen molar-refractivity contribution in [2.24, 2.45) is 0 Å². The van der Waals surface area contributed by atoms with Crippen molar-refractivity contribution in [1.82, 2.24) is 19.4 Å². The molecule has 7 nitrogen and oxygen atoms in total. The predicted octanol–water partition coefficient (Wildman–Crippen LogP) is 0.633. The van der Waals surface area contributed by atoms with Crippen LogP contribution in [0.3, 0.4) is 0 Å². The van der Waals surface area contributed by atoms with E-state index in [1.165, 1.54) is 0 Å². The van der Waals surface area contributed by atoms with Gasteiger partial charge in [0.25, 0.3) is 5.91 Å². The Hall–Kier alpha value is -1.80. The maximum absolute atomic E-state index is 11.6. The Balaban J connectivity index is 1.95. The second-order valence-electron chi connectivity index (χ2n) is 3.23. The van der Waals surface area contributed by atoms with Crippen LogP contribution >= 0.6 is 11.5 Å². The molecule has 1 amide bonds. The van der Waals surface area contributed by atoms with E-state index in [2.05, 4.69) is 20.0 Å². The summed E-state index contributed by atoms with van der Waals surface area (Å²) in [4.78, 5) is 11.6. The van der Waals surface area contributed by atoms with Crippen LogP contribution in [0.1, 0.15) is 10.5 Å². The van der Waals surface area contributed by atoms with E-state index in [1.54, 1.807) is 29.6 Å². The van der Waals surface area contributed by atoms with Crippen molar-refractivity contribution in [2.45, 2.75) is 6.54 Å². The Labute approximate surface area is 102 Å². The molecular weight excluding hydrogens is 242 g/mol. The van der Waals surface area contributed by atoms with Crippen LogP contribution in [0.15, 0.2) is 17.8 Å². The summed E-state index contributed by atoms with van der Waals surface area (Å²) in [6.45, 7) is 1.22. The number of nitrogens with zero attached hydrogens (tertiary/aromatic N) is 4. The molecule has 2 rings (SSSR count). The van der Waals surface area contributed by atoms with Gasteiger partial charge < -0.3 is 10.1 Å². The standard InChI is InChI=1S/C9H11N5O2S/c1-16-3-2-14-5-7(4-10-14)11-9(15)8-6-17-13-12-8/h4-6H,2-3H2,1H3,(H,11,15). The molecule has 2 aromatic rings. The molecule has 0 aliphatic heterocycles. The Morgan fingerprint density at radius 1 is 1.65 bits per heavy atom. The first kappa shape index (κ1) is 11.7. The zero-order valence-electron chi connectivity index (χ0n) is 9.16. The lowest BCUT2D eigenvalue weighted by Crippen LogP contribution is -2.12. The zero-order chi connectivity index (χ0) is 12.1. The van der Waals surface area contributed by atoms with E-state index in [4.69, 9.17) is 4.74 Å². The third-order valence-corrected chi connectivity index (χ3v) is 2.51. The van der Waals surface area contributed by atoms with Crippen molar-refractivity contribution in [3.8, 4) is 0 Å². The van der Waals surface area contributed by atoms with Gasteiger partial charge in [0.05, 0.1) is 25.0 Å². The average Bonchev–Trinajstić information content (AvgIpc) is 2.97.